The Balaban J connectivity index is 1.79. The third-order valence-corrected chi connectivity index (χ3v) is 6.99. The van der Waals surface area contributed by atoms with E-state index in [-0.39, 0.29) is 12.5 Å². The number of hydrogen-bond donors (Lipinski definition) is 1. The van der Waals surface area contributed by atoms with Gasteiger partial charge in [-0.2, -0.15) is 0 Å². The predicted octanol–water partition coefficient (Wildman–Crippen LogP) is 6.49. The van der Waals surface area contributed by atoms with E-state index < -0.39 is 11.4 Å². The average molecular weight is 552 g/mol. The summed E-state index contributed by atoms with van der Waals surface area (Å²) in [4.78, 5) is 31.4. The molecule has 0 aliphatic heterocycles. The third-order valence-electron chi connectivity index (χ3n) is 6.17. The van der Waals surface area contributed by atoms with Crippen LogP contribution in [-0.2, 0) is 14.9 Å². The van der Waals surface area contributed by atoms with E-state index in [0.717, 1.165) is 21.3 Å². The lowest BCUT2D eigenvalue weighted by Crippen LogP contribution is -2.45. The van der Waals surface area contributed by atoms with Crippen LogP contribution in [0.4, 0.5) is 0 Å². The maximum Gasteiger partial charge on any atom is 0.317 e. The largest absolute Gasteiger partial charge is 0.468 e. The van der Waals surface area contributed by atoms with Gasteiger partial charge in [0.25, 0.3) is 5.91 Å². The number of fused-ring (bicyclic) bond motifs is 1. The van der Waals surface area contributed by atoms with E-state index >= 15 is 0 Å². The number of amides is 1. The molecule has 0 saturated carbocycles. The quantitative estimate of drug-likeness (QED) is 0.278. The number of hydrogen-bond acceptors (Lipinski definition) is 4. The highest BCUT2D eigenvalue weighted by atomic mass is 79.9. The minimum atomic E-state index is -1.18. The molecule has 0 aliphatic carbocycles. The summed E-state index contributed by atoms with van der Waals surface area (Å²) in [6, 6.07) is 22.5. The zero-order chi connectivity index (χ0) is 25.2. The van der Waals surface area contributed by atoms with E-state index in [1.807, 2.05) is 55.5 Å². The molecular weight excluding hydrogens is 528 g/mol. The number of ether oxygens (including phenoxy) is 1. The Morgan fingerprint density at radius 2 is 1.74 bits per heavy atom. The molecule has 4 rings (SSSR count). The number of nitrogens with zero attached hydrogens (tertiary/aromatic N) is 1. The van der Waals surface area contributed by atoms with Gasteiger partial charge in [-0.25, -0.2) is 4.98 Å². The highest BCUT2D eigenvalue weighted by Crippen LogP contribution is 2.33. The van der Waals surface area contributed by atoms with Gasteiger partial charge in [-0.05, 0) is 49.2 Å². The number of carbonyl (C=O) groups excluding carboxylic acids is 2. The molecule has 0 saturated heterocycles. The van der Waals surface area contributed by atoms with Gasteiger partial charge in [0.15, 0.2) is 0 Å². The molecule has 7 heteroatoms. The van der Waals surface area contributed by atoms with Crippen LogP contribution in [-0.4, -0.2) is 30.5 Å². The van der Waals surface area contributed by atoms with Gasteiger partial charge in [-0.3, -0.25) is 9.59 Å². The summed E-state index contributed by atoms with van der Waals surface area (Å²) in [6.07, 6.45) is 0. The van der Waals surface area contributed by atoms with Crippen LogP contribution in [0.5, 0.6) is 0 Å². The van der Waals surface area contributed by atoms with Gasteiger partial charge in [-0.1, -0.05) is 76.1 Å². The minimum absolute atomic E-state index is 0.000168. The Labute approximate surface area is 217 Å². The van der Waals surface area contributed by atoms with Crippen LogP contribution >= 0.6 is 27.5 Å². The second-order valence-electron chi connectivity index (χ2n) is 8.47. The van der Waals surface area contributed by atoms with E-state index in [9.17, 15) is 9.59 Å². The van der Waals surface area contributed by atoms with Crippen LogP contribution in [0.1, 0.15) is 28.4 Å². The molecule has 0 fully saturated rings. The lowest BCUT2D eigenvalue weighted by atomic mass is 9.82. The summed E-state index contributed by atoms with van der Waals surface area (Å²) in [5.74, 6) is -0.803. The van der Waals surface area contributed by atoms with Crippen molar-refractivity contribution in [3.63, 3.8) is 0 Å². The first-order valence-corrected chi connectivity index (χ1v) is 12.2. The molecule has 1 aromatic heterocycles. The van der Waals surface area contributed by atoms with Crippen molar-refractivity contribution in [3.8, 4) is 11.3 Å². The highest BCUT2D eigenvalue weighted by molar-refractivity contribution is 9.10. The second-order valence-corrected chi connectivity index (χ2v) is 9.80. The van der Waals surface area contributed by atoms with Gasteiger partial charge < -0.3 is 10.1 Å². The number of halogens is 2. The molecular formula is C28H24BrClN2O3. The lowest BCUT2D eigenvalue weighted by Gasteiger charge is -2.28. The van der Waals surface area contributed by atoms with E-state index in [1.165, 1.54) is 7.11 Å². The lowest BCUT2D eigenvalue weighted by molar-refractivity contribution is -0.146. The number of esters is 1. The molecule has 0 spiro atoms. The van der Waals surface area contributed by atoms with Crippen LogP contribution in [0, 0.1) is 6.92 Å². The molecule has 5 nitrogen and oxygen atoms in total. The van der Waals surface area contributed by atoms with Crippen molar-refractivity contribution >= 4 is 50.3 Å². The summed E-state index contributed by atoms with van der Waals surface area (Å²) < 4.78 is 5.92. The van der Waals surface area contributed by atoms with Crippen LogP contribution in [0.15, 0.2) is 77.3 Å². The number of carbonyl (C=O) groups is 2. The molecule has 1 atom stereocenters. The van der Waals surface area contributed by atoms with Gasteiger partial charge in [-0.15, -0.1) is 0 Å². The second kappa shape index (κ2) is 10.2. The van der Waals surface area contributed by atoms with Gasteiger partial charge in [0.05, 0.1) is 23.9 Å². The molecule has 1 amide bonds. The first-order chi connectivity index (χ1) is 16.8. The molecule has 1 heterocycles. The Hall–Kier alpha value is -3.22. The first-order valence-electron chi connectivity index (χ1n) is 11.0. The van der Waals surface area contributed by atoms with E-state index in [1.54, 1.807) is 31.2 Å². The Bertz CT molecular complexity index is 1420. The topological polar surface area (TPSA) is 68.3 Å². The maximum absolute atomic E-state index is 13.7. The molecule has 35 heavy (non-hydrogen) atoms. The number of rotatable bonds is 6. The zero-order valence-corrected chi connectivity index (χ0v) is 21.9. The van der Waals surface area contributed by atoms with E-state index in [4.69, 9.17) is 21.3 Å². The molecule has 1 N–H and O–H groups in total. The summed E-state index contributed by atoms with van der Waals surface area (Å²) in [6.45, 7) is 3.60. The standard InChI is InChI=1S/C28H24BrClN2O3/c1-17-24(20-15-19(29)13-14-23(20)32-25(17)18-9-5-4-6-10-18)26(33)31-16-28(2,27(34)35-3)21-11-7-8-12-22(21)30/h4-15H,16H2,1-3H3,(H,31,33). The van der Waals surface area contributed by atoms with Gasteiger partial charge in [0.1, 0.15) is 5.41 Å². The molecule has 0 bridgehead atoms. The van der Waals surface area contributed by atoms with E-state index in [0.29, 0.717) is 27.1 Å². The molecule has 0 radical (unpaired) electrons. The van der Waals surface area contributed by atoms with E-state index in [2.05, 4.69) is 21.2 Å². The number of pyridine rings is 1. The monoisotopic (exact) mass is 550 g/mol. The number of methoxy groups -OCH3 is 1. The van der Waals surface area contributed by atoms with Crippen LogP contribution in [0.2, 0.25) is 5.02 Å². The fraction of sp³-hybridized carbons (Fsp3) is 0.179. The maximum atomic E-state index is 13.7. The van der Waals surface area contributed by atoms with Crippen molar-refractivity contribution < 1.29 is 14.3 Å². The first kappa shape index (κ1) is 24.9. The van der Waals surface area contributed by atoms with Gasteiger partial charge in [0.2, 0.25) is 0 Å². The smallest absolute Gasteiger partial charge is 0.317 e. The molecule has 3 aromatic carbocycles. The summed E-state index contributed by atoms with van der Waals surface area (Å²) in [7, 11) is 1.32. The SMILES string of the molecule is COC(=O)C(C)(CNC(=O)c1c(C)c(-c2ccccc2)nc2ccc(Br)cc12)c1ccccc1Cl. The third kappa shape index (κ3) is 4.81. The fourth-order valence-electron chi connectivity index (χ4n) is 4.26. The minimum Gasteiger partial charge on any atom is -0.468 e. The van der Waals surface area contributed by atoms with Crippen LogP contribution in [0.25, 0.3) is 22.2 Å². The van der Waals surface area contributed by atoms with Gasteiger partial charge in [0, 0.05) is 27.0 Å². The van der Waals surface area contributed by atoms with Crippen LogP contribution < -0.4 is 5.32 Å². The Morgan fingerprint density at radius 3 is 2.43 bits per heavy atom. The summed E-state index contributed by atoms with van der Waals surface area (Å²) in [5, 5.41) is 4.11. The highest BCUT2D eigenvalue weighted by Gasteiger charge is 2.38. The Kier molecular flexibility index (Phi) is 7.24. The normalized spacial score (nSPS) is 12.7. The predicted molar refractivity (Wildman–Crippen MR) is 143 cm³/mol. The summed E-state index contributed by atoms with van der Waals surface area (Å²) >= 11 is 9.92. The number of aromatic nitrogens is 1. The van der Waals surface area contributed by atoms with Crippen molar-refractivity contribution in [2.75, 3.05) is 13.7 Å². The number of benzene rings is 3. The van der Waals surface area contributed by atoms with Crippen molar-refractivity contribution in [1.82, 2.24) is 10.3 Å². The van der Waals surface area contributed by atoms with Crippen LogP contribution in [0.3, 0.4) is 0 Å². The van der Waals surface area contributed by atoms with Crippen molar-refractivity contribution in [3.05, 3.63) is 99.0 Å². The van der Waals surface area contributed by atoms with Crippen molar-refractivity contribution in [1.29, 1.82) is 0 Å². The Morgan fingerprint density at radius 1 is 1.06 bits per heavy atom. The average Bonchev–Trinajstić information content (AvgIpc) is 2.87. The molecule has 178 valence electrons. The zero-order valence-electron chi connectivity index (χ0n) is 19.6. The van der Waals surface area contributed by atoms with Gasteiger partial charge >= 0.3 is 5.97 Å². The molecule has 0 aliphatic rings. The molecule has 4 aromatic rings. The van der Waals surface area contributed by atoms with Crippen molar-refractivity contribution in [2.45, 2.75) is 19.3 Å². The summed E-state index contributed by atoms with van der Waals surface area (Å²) in [5.41, 5.74) is 3.00. The fourth-order valence-corrected chi connectivity index (χ4v) is 4.96. The molecule has 1 unspecified atom stereocenters. The van der Waals surface area contributed by atoms with Crippen molar-refractivity contribution in [2.24, 2.45) is 0 Å². The number of nitrogens with one attached hydrogen (secondary N) is 1.